The molecule has 1 aromatic rings. The summed E-state index contributed by atoms with van der Waals surface area (Å²) >= 11 is 0. The Morgan fingerprint density at radius 3 is 2.42 bits per heavy atom. The minimum absolute atomic E-state index is 0.187. The van der Waals surface area contributed by atoms with Crippen LogP contribution in [-0.4, -0.2) is 37.8 Å². The summed E-state index contributed by atoms with van der Waals surface area (Å²) < 4.78 is 29.6. The van der Waals surface area contributed by atoms with Gasteiger partial charge >= 0.3 is 0 Å². The number of para-hydroxylation sites is 1. The summed E-state index contributed by atoms with van der Waals surface area (Å²) in [5.74, 6) is -3.05. The molecule has 1 saturated carbocycles. The van der Waals surface area contributed by atoms with E-state index in [1.165, 1.54) is 7.11 Å². The molecule has 3 saturated heterocycles. The third-order valence-electron chi connectivity index (χ3n) is 7.15. The molecule has 3 heterocycles. The van der Waals surface area contributed by atoms with Gasteiger partial charge in [0.25, 0.3) is 0 Å². The van der Waals surface area contributed by atoms with Crippen LogP contribution in [0.25, 0.3) is 0 Å². The number of nitrogens with one attached hydrogen (secondary N) is 1. The Morgan fingerprint density at radius 1 is 1.06 bits per heavy atom. The van der Waals surface area contributed by atoms with Crippen molar-refractivity contribution in [1.82, 2.24) is 0 Å². The SMILES string of the molecule is COc1ccccc1C1OC23CCC4(CC2C(C#N)(C(=N)O3)C1(C#N)C#N)OCCO4. The van der Waals surface area contributed by atoms with Crippen molar-refractivity contribution < 1.29 is 23.7 Å². The van der Waals surface area contributed by atoms with E-state index in [-0.39, 0.29) is 6.42 Å². The lowest BCUT2D eigenvalue weighted by molar-refractivity contribution is -0.330. The highest BCUT2D eigenvalue weighted by Gasteiger charge is 2.82. The average molecular weight is 420 g/mol. The van der Waals surface area contributed by atoms with Gasteiger partial charge in [0.2, 0.25) is 17.1 Å². The van der Waals surface area contributed by atoms with E-state index in [2.05, 4.69) is 18.2 Å². The summed E-state index contributed by atoms with van der Waals surface area (Å²) in [5, 5.41) is 39.8. The molecule has 31 heavy (non-hydrogen) atoms. The molecule has 1 aromatic carbocycles. The van der Waals surface area contributed by atoms with Gasteiger partial charge in [-0.25, -0.2) is 0 Å². The molecule has 1 spiro atoms. The number of rotatable bonds is 2. The predicted molar refractivity (Wildman–Crippen MR) is 102 cm³/mol. The second-order valence-electron chi connectivity index (χ2n) is 8.30. The number of methoxy groups -OCH3 is 1. The van der Waals surface area contributed by atoms with Gasteiger partial charge in [-0.2, -0.15) is 15.8 Å². The summed E-state index contributed by atoms with van der Waals surface area (Å²) in [4.78, 5) is 0. The standard InChI is InChI=1S/C22H20N4O5/c1-27-15-5-3-2-4-14(15)17-19(11-23,12-24)21(13-25)16-10-20(28-8-9-29-20)6-7-22(16,30-17)31-18(21)26/h2-5,16-17,26H,6-10H2,1H3. The molecule has 4 aliphatic rings. The lowest BCUT2D eigenvalue weighted by Crippen LogP contribution is -2.63. The van der Waals surface area contributed by atoms with Crippen LogP contribution in [0.4, 0.5) is 0 Å². The van der Waals surface area contributed by atoms with Crippen molar-refractivity contribution in [2.45, 2.75) is 36.9 Å². The van der Waals surface area contributed by atoms with Gasteiger partial charge in [-0.3, -0.25) is 5.41 Å². The molecular weight excluding hydrogens is 400 g/mol. The third-order valence-corrected chi connectivity index (χ3v) is 7.15. The second-order valence-corrected chi connectivity index (χ2v) is 8.30. The van der Waals surface area contributed by atoms with Crippen molar-refractivity contribution >= 4 is 5.90 Å². The maximum absolute atomic E-state index is 10.5. The van der Waals surface area contributed by atoms with Crippen LogP contribution in [0.3, 0.4) is 0 Å². The topological polar surface area (TPSA) is 141 Å². The van der Waals surface area contributed by atoms with Crippen LogP contribution in [0.5, 0.6) is 5.75 Å². The Hall–Kier alpha value is -3.16. The first-order valence-corrected chi connectivity index (χ1v) is 10.1. The minimum atomic E-state index is -2.05. The smallest absolute Gasteiger partial charge is 0.218 e. The normalized spacial score (nSPS) is 36.5. The first-order chi connectivity index (χ1) is 15.0. The highest BCUT2D eigenvalue weighted by atomic mass is 16.7. The lowest BCUT2D eigenvalue weighted by atomic mass is 9.51. The van der Waals surface area contributed by atoms with Crippen LogP contribution in [0.15, 0.2) is 24.3 Å². The first-order valence-electron chi connectivity index (χ1n) is 10.1. The first kappa shape index (κ1) is 19.8. The number of nitriles is 3. The molecule has 4 unspecified atom stereocenters. The number of ether oxygens (including phenoxy) is 5. The zero-order chi connectivity index (χ0) is 21.9. The van der Waals surface area contributed by atoms with E-state index in [0.29, 0.717) is 37.4 Å². The number of benzene rings is 1. The molecule has 9 heteroatoms. The third kappa shape index (κ3) is 2.20. The molecule has 1 aliphatic carbocycles. The van der Waals surface area contributed by atoms with Crippen LogP contribution in [0.2, 0.25) is 0 Å². The fraction of sp³-hybridized carbons (Fsp3) is 0.545. The molecule has 0 amide bonds. The second kappa shape index (κ2) is 6.42. The highest BCUT2D eigenvalue weighted by Crippen LogP contribution is 2.71. The Morgan fingerprint density at radius 2 is 1.77 bits per heavy atom. The van der Waals surface area contributed by atoms with Crippen molar-refractivity contribution in [2.75, 3.05) is 20.3 Å². The molecule has 9 nitrogen and oxygen atoms in total. The van der Waals surface area contributed by atoms with Crippen LogP contribution in [0.1, 0.15) is 30.9 Å². The van der Waals surface area contributed by atoms with Gasteiger partial charge in [0, 0.05) is 24.8 Å². The van der Waals surface area contributed by atoms with Gasteiger partial charge in [-0.1, -0.05) is 18.2 Å². The molecular formula is C22H20N4O5. The fourth-order valence-corrected chi connectivity index (χ4v) is 5.71. The van der Waals surface area contributed by atoms with Crippen LogP contribution in [-0.2, 0) is 18.9 Å². The molecule has 0 aromatic heterocycles. The van der Waals surface area contributed by atoms with Crippen LogP contribution >= 0.6 is 0 Å². The Labute approximate surface area is 179 Å². The van der Waals surface area contributed by atoms with Gasteiger partial charge in [-0.15, -0.1) is 0 Å². The van der Waals surface area contributed by atoms with Crippen molar-refractivity contribution in [3.8, 4) is 24.0 Å². The van der Waals surface area contributed by atoms with Gasteiger partial charge in [0.05, 0.1) is 44.4 Å². The van der Waals surface area contributed by atoms with Crippen LogP contribution < -0.4 is 4.74 Å². The molecule has 3 aliphatic heterocycles. The van der Waals surface area contributed by atoms with E-state index in [4.69, 9.17) is 29.1 Å². The summed E-state index contributed by atoms with van der Waals surface area (Å²) in [6, 6.07) is 13.2. The maximum Gasteiger partial charge on any atom is 0.218 e. The predicted octanol–water partition coefficient (Wildman–Crippen LogP) is 2.56. The van der Waals surface area contributed by atoms with Gasteiger partial charge in [-0.05, 0) is 6.07 Å². The monoisotopic (exact) mass is 420 g/mol. The van der Waals surface area contributed by atoms with Crippen molar-refractivity contribution in [3.05, 3.63) is 29.8 Å². The molecule has 5 rings (SSSR count). The molecule has 4 fully saturated rings. The van der Waals surface area contributed by atoms with E-state index in [1.54, 1.807) is 24.3 Å². The van der Waals surface area contributed by atoms with E-state index in [0.717, 1.165) is 0 Å². The Bertz CT molecular complexity index is 1060. The zero-order valence-electron chi connectivity index (χ0n) is 16.9. The zero-order valence-corrected chi connectivity index (χ0v) is 16.9. The van der Waals surface area contributed by atoms with E-state index in [1.807, 2.05) is 0 Å². The molecule has 4 atom stereocenters. The van der Waals surface area contributed by atoms with Gasteiger partial charge < -0.3 is 23.7 Å². The fourth-order valence-electron chi connectivity index (χ4n) is 5.71. The van der Waals surface area contributed by atoms with Crippen molar-refractivity contribution in [1.29, 1.82) is 21.2 Å². The summed E-state index contributed by atoms with van der Waals surface area (Å²) in [7, 11) is 1.48. The van der Waals surface area contributed by atoms with Gasteiger partial charge in [0.1, 0.15) is 11.9 Å². The Balaban J connectivity index is 1.74. The number of hydrogen-bond donors (Lipinski definition) is 1. The number of nitrogens with zero attached hydrogens (tertiary/aromatic N) is 3. The quantitative estimate of drug-likeness (QED) is 0.769. The summed E-state index contributed by atoms with van der Waals surface area (Å²) in [6.07, 6.45) is -0.227. The van der Waals surface area contributed by atoms with E-state index >= 15 is 0 Å². The largest absolute Gasteiger partial charge is 0.496 e. The number of hydrogen-bond acceptors (Lipinski definition) is 9. The molecule has 158 valence electrons. The van der Waals surface area contributed by atoms with Crippen LogP contribution in [0, 0.1) is 56.2 Å². The molecule has 2 bridgehead atoms. The van der Waals surface area contributed by atoms with E-state index < -0.39 is 40.3 Å². The highest BCUT2D eigenvalue weighted by molar-refractivity contribution is 5.89. The summed E-state index contributed by atoms with van der Waals surface area (Å²) in [5.41, 5.74) is -3.45. The van der Waals surface area contributed by atoms with Crippen molar-refractivity contribution in [2.24, 2.45) is 16.7 Å². The Kier molecular flexibility index (Phi) is 4.10. The van der Waals surface area contributed by atoms with Crippen molar-refractivity contribution in [3.63, 3.8) is 0 Å². The molecule has 1 N–H and O–H groups in total. The minimum Gasteiger partial charge on any atom is -0.496 e. The maximum atomic E-state index is 10.5. The van der Waals surface area contributed by atoms with Gasteiger partial charge in [0.15, 0.2) is 11.2 Å². The summed E-state index contributed by atoms with van der Waals surface area (Å²) in [6.45, 7) is 0.841. The van der Waals surface area contributed by atoms with E-state index in [9.17, 15) is 15.8 Å². The average Bonchev–Trinajstić information content (AvgIpc) is 3.33. The lowest BCUT2D eigenvalue weighted by Gasteiger charge is -2.54. The molecule has 0 radical (unpaired) electrons.